The van der Waals surface area contributed by atoms with E-state index >= 15 is 0 Å². The summed E-state index contributed by atoms with van der Waals surface area (Å²) in [6, 6.07) is 2.03. The number of hydrogen-bond donors (Lipinski definition) is 0. The second-order valence-electron chi connectivity index (χ2n) is 16.1. The van der Waals surface area contributed by atoms with Crippen LogP contribution in [0.4, 0.5) is 0 Å². The van der Waals surface area contributed by atoms with Crippen molar-refractivity contribution in [1.82, 2.24) is 0 Å². The number of hydrogen-bond acceptors (Lipinski definition) is 5. The molecule has 0 N–H and O–H groups in total. The second-order valence-corrected chi connectivity index (χ2v) is 16.1. The summed E-state index contributed by atoms with van der Waals surface area (Å²) >= 11 is 0. The highest BCUT2D eigenvalue weighted by Crippen LogP contribution is 2.30. The van der Waals surface area contributed by atoms with E-state index in [2.05, 4.69) is 71.1 Å². The van der Waals surface area contributed by atoms with E-state index in [1.807, 2.05) is 18.4 Å². The zero-order valence-corrected chi connectivity index (χ0v) is 35.2. The van der Waals surface area contributed by atoms with Crippen molar-refractivity contribution < 1.29 is 23.5 Å². The maximum absolute atomic E-state index is 12.7. The summed E-state index contributed by atoms with van der Waals surface area (Å²) in [4.78, 5) is 25.0. The first-order chi connectivity index (χ1) is 26.2. The van der Waals surface area contributed by atoms with Gasteiger partial charge in [0, 0.05) is 6.42 Å². The van der Waals surface area contributed by atoms with Crippen LogP contribution in [-0.4, -0.2) is 11.9 Å². The molecule has 0 saturated carbocycles. The fourth-order valence-corrected chi connectivity index (χ4v) is 6.70. The van der Waals surface area contributed by atoms with Crippen molar-refractivity contribution in [3.63, 3.8) is 0 Å². The van der Waals surface area contributed by atoms with Crippen molar-refractivity contribution >= 4 is 11.9 Å². The van der Waals surface area contributed by atoms with E-state index in [0.29, 0.717) is 24.2 Å². The molecule has 0 fully saturated rings. The summed E-state index contributed by atoms with van der Waals surface area (Å²) < 4.78 is 16.3. The Bertz CT molecular complexity index is 1350. The van der Waals surface area contributed by atoms with Gasteiger partial charge in [-0.05, 0) is 134 Å². The van der Waals surface area contributed by atoms with E-state index in [1.54, 1.807) is 13.2 Å². The molecule has 1 aliphatic rings. The first kappa shape index (κ1) is 46.8. The highest BCUT2D eigenvalue weighted by Gasteiger charge is 2.30. The molecule has 2 rings (SSSR count). The quantitative estimate of drug-likeness (QED) is 0.0430. The van der Waals surface area contributed by atoms with Crippen molar-refractivity contribution in [2.75, 3.05) is 0 Å². The van der Waals surface area contributed by atoms with Crippen LogP contribution in [0.2, 0.25) is 0 Å². The number of esters is 2. The van der Waals surface area contributed by atoms with Gasteiger partial charge < -0.3 is 13.9 Å². The van der Waals surface area contributed by atoms with Crippen molar-refractivity contribution in [1.29, 1.82) is 0 Å². The molecule has 2 heterocycles. The fourth-order valence-electron chi connectivity index (χ4n) is 6.70. The van der Waals surface area contributed by atoms with Crippen LogP contribution < -0.4 is 0 Å². The van der Waals surface area contributed by atoms with E-state index in [0.717, 1.165) is 70.1 Å². The van der Waals surface area contributed by atoms with Gasteiger partial charge in [0.05, 0.1) is 18.1 Å². The molecule has 1 unspecified atom stereocenters. The number of furan rings is 1. The Hall–Kier alpha value is -3.34. The average molecular weight is 745 g/mol. The minimum Gasteiger partial charge on any atom is -0.472 e. The standard InChI is InChI=1S/C49H76O5/c1-40(2)28-23-21-19-17-15-13-11-9-7-8-10-12-14-16-18-20-22-24-35-47(50)54-48-44(6)49(51)53-46(48)38-43(5)33-26-31-41(3)29-25-30-42(4)32-27-34-45-36-37-52-39-45/h10,12,18,20,29,32,36-40,43H,7-9,11,13-17,19,21-28,30-31,33-35H2,1-6H3. The molecule has 1 aliphatic heterocycles. The lowest BCUT2D eigenvalue weighted by molar-refractivity contribution is -0.140. The van der Waals surface area contributed by atoms with Crippen LogP contribution in [0, 0.1) is 11.8 Å². The predicted molar refractivity (Wildman–Crippen MR) is 227 cm³/mol. The first-order valence-corrected chi connectivity index (χ1v) is 21.6. The van der Waals surface area contributed by atoms with Gasteiger partial charge in [-0.3, -0.25) is 4.79 Å². The number of carbonyl (C=O) groups is 2. The Balaban J connectivity index is 1.53. The molecule has 1 atom stereocenters. The Morgan fingerprint density at radius 1 is 0.704 bits per heavy atom. The van der Waals surface area contributed by atoms with E-state index in [4.69, 9.17) is 13.9 Å². The summed E-state index contributed by atoms with van der Waals surface area (Å²) in [5.74, 6) is 0.948. The Morgan fingerprint density at radius 3 is 1.98 bits per heavy atom. The predicted octanol–water partition coefficient (Wildman–Crippen LogP) is 15.0. The van der Waals surface area contributed by atoms with Crippen LogP contribution in [0.5, 0.6) is 0 Å². The molecule has 5 nitrogen and oxygen atoms in total. The van der Waals surface area contributed by atoms with E-state index < -0.39 is 5.97 Å². The summed E-state index contributed by atoms with van der Waals surface area (Å²) in [7, 11) is 0. The molecular weight excluding hydrogens is 669 g/mol. The largest absolute Gasteiger partial charge is 0.472 e. The number of rotatable bonds is 31. The fraction of sp³-hybridized carbons (Fsp3) is 0.633. The van der Waals surface area contributed by atoms with Gasteiger partial charge in [0.1, 0.15) is 0 Å². The van der Waals surface area contributed by atoms with Crippen molar-refractivity contribution in [2.24, 2.45) is 11.8 Å². The van der Waals surface area contributed by atoms with Crippen LogP contribution in [-0.2, 0) is 25.5 Å². The lowest BCUT2D eigenvalue weighted by atomic mass is 9.99. The highest BCUT2D eigenvalue weighted by molar-refractivity contribution is 5.94. The van der Waals surface area contributed by atoms with Crippen molar-refractivity contribution in [3.05, 3.63) is 94.9 Å². The van der Waals surface area contributed by atoms with Gasteiger partial charge in [0.2, 0.25) is 0 Å². The van der Waals surface area contributed by atoms with Gasteiger partial charge in [0.25, 0.3) is 0 Å². The molecule has 54 heavy (non-hydrogen) atoms. The van der Waals surface area contributed by atoms with Gasteiger partial charge in [-0.1, -0.05) is 126 Å². The molecule has 1 aromatic heterocycles. The molecule has 0 spiro atoms. The molecule has 5 heteroatoms. The third-order valence-electron chi connectivity index (χ3n) is 10.2. The van der Waals surface area contributed by atoms with Crippen LogP contribution >= 0.6 is 0 Å². The van der Waals surface area contributed by atoms with Gasteiger partial charge in [-0.25, -0.2) is 4.79 Å². The number of allylic oxidation sites excluding steroid dienone is 9. The third-order valence-corrected chi connectivity index (χ3v) is 10.2. The number of ether oxygens (including phenoxy) is 2. The van der Waals surface area contributed by atoms with Crippen molar-refractivity contribution in [3.8, 4) is 0 Å². The van der Waals surface area contributed by atoms with Crippen LogP contribution in [0.15, 0.2) is 93.8 Å². The zero-order valence-electron chi connectivity index (χ0n) is 35.2. The zero-order chi connectivity index (χ0) is 39.2. The number of aryl methyl sites for hydroxylation is 1. The van der Waals surface area contributed by atoms with Crippen LogP contribution in [0.3, 0.4) is 0 Å². The van der Waals surface area contributed by atoms with E-state index in [9.17, 15) is 9.59 Å². The lowest BCUT2D eigenvalue weighted by Crippen LogP contribution is -2.06. The number of carbonyl (C=O) groups excluding carboxylic acids is 2. The third kappa shape index (κ3) is 23.4. The summed E-state index contributed by atoms with van der Waals surface area (Å²) in [5.41, 5.74) is 4.44. The molecule has 0 aromatic carbocycles. The maximum Gasteiger partial charge on any atom is 0.343 e. The minimum atomic E-state index is -0.439. The van der Waals surface area contributed by atoms with Crippen molar-refractivity contribution in [2.45, 2.75) is 189 Å². The molecule has 0 radical (unpaired) electrons. The smallest absolute Gasteiger partial charge is 0.343 e. The Labute approximate surface area is 330 Å². The molecule has 0 aliphatic carbocycles. The second kappa shape index (κ2) is 29.9. The normalized spacial score (nSPS) is 15.5. The number of unbranched alkanes of at least 4 members (excludes halogenated alkanes) is 11. The minimum absolute atomic E-state index is 0.189. The van der Waals surface area contributed by atoms with Gasteiger partial charge in [-0.2, -0.15) is 0 Å². The SMILES string of the molecule is CC(=CCCc1ccoc1)CCC=C(C)CCCC(C)C=C1OC(=O)C(C)=C1OC(=O)CCCC=CCCC=CCCCCCCCCCCCC(C)C. The topological polar surface area (TPSA) is 65.7 Å². The van der Waals surface area contributed by atoms with Crippen LogP contribution in [0.25, 0.3) is 0 Å². The lowest BCUT2D eigenvalue weighted by Gasteiger charge is -2.10. The molecule has 0 amide bonds. The maximum atomic E-state index is 12.7. The summed E-state index contributed by atoms with van der Waals surface area (Å²) in [6.07, 6.45) is 45.4. The molecule has 0 saturated heterocycles. The van der Waals surface area contributed by atoms with Gasteiger partial charge in [0.15, 0.2) is 11.5 Å². The number of cyclic esters (lactones) is 1. The first-order valence-electron chi connectivity index (χ1n) is 21.6. The monoisotopic (exact) mass is 745 g/mol. The van der Waals surface area contributed by atoms with E-state index in [1.165, 1.54) is 87.3 Å². The molecule has 302 valence electrons. The van der Waals surface area contributed by atoms with Crippen LogP contribution in [0.1, 0.15) is 188 Å². The van der Waals surface area contributed by atoms with Gasteiger partial charge >= 0.3 is 11.9 Å². The molecule has 1 aromatic rings. The summed E-state index contributed by atoms with van der Waals surface area (Å²) in [6.45, 7) is 12.8. The molecule has 0 bridgehead atoms. The Morgan fingerprint density at radius 2 is 1.31 bits per heavy atom. The summed E-state index contributed by atoms with van der Waals surface area (Å²) in [5, 5.41) is 0. The van der Waals surface area contributed by atoms with E-state index in [-0.39, 0.29) is 17.6 Å². The average Bonchev–Trinajstić information content (AvgIpc) is 3.74. The van der Waals surface area contributed by atoms with Gasteiger partial charge in [-0.15, -0.1) is 0 Å². The molecular formula is C49H76O5. The Kier molecular flexibility index (Phi) is 26.0. The highest BCUT2D eigenvalue weighted by atomic mass is 16.6.